The highest BCUT2D eigenvalue weighted by Gasteiger charge is 2.22. The van der Waals surface area contributed by atoms with Crippen LogP contribution in [0.2, 0.25) is 0 Å². The van der Waals surface area contributed by atoms with Gasteiger partial charge in [0.2, 0.25) is 11.6 Å². The van der Waals surface area contributed by atoms with Gasteiger partial charge in [-0.15, -0.1) is 0 Å². The Balaban J connectivity index is 2.73. The Labute approximate surface area is 94.7 Å². The largest absolute Gasteiger partial charge is 0.328 e. The molecule has 0 spiro atoms. The minimum Gasteiger partial charge on any atom is -0.285 e. The third-order valence-corrected chi connectivity index (χ3v) is 2.15. The molecule has 0 atom stereocenters. The van der Waals surface area contributed by atoms with Crippen molar-refractivity contribution in [2.24, 2.45) is 0 Å². The van der Waals surface area contributed by atoms with Crippen LogP contribution in [0.3, 0.4) is 0 Å². The topological polar surface area (TPSA) is 84.8 Å². The van der Waals surface area contributed by atoms with E-state index in [1.54, 1.807) is 6.07 Å². The van der Waals surface area contributed by atoms with Crippen molar-refractivity contribution < 1.29 is 9.31 Å². The van der Waals surface area contributed by atoms with Crippen molar-refractivity contribution >= 4 is 5.69 Å². The Morgan fingerprint density at radius 3 is 2.94 bits per heavy atom. The predicted molar refractivity (Wildman–Crippen MR) is 54.9 cm³/mol. The predicted octanol–water partition coefficient (Wildman–Crippen LogP) is 1.79. The molecule has 1 heterocycles. The SMILES string of the molecule is N#Cc1nccn1-c1cccc(F)c1[N+](=O)[O-]. The summed E-state index contributed by atoms with van der Waals surface area (Å²) in [6.07, 6.45) is 2.67. The lowest BCUT2D eigenvalue weighted by atomic mass is 10.2. The second-order valence-corrected chi connectivity index (χ2v) is 3.10. The fourth-order valence-corrected chi connectivity index (χ4v) is 1.46. The highest BCUT2D eigenvalue weighted by atomic mass is 19.1. The molecule has 0 saturated heterocycles. The normalized spacial score (nSPS) is 9.88. The van der Waals surface area contributed by atoms with E-state index in [1.807, 2.05) is 0 Å². The van der Waals surface area contributed by atoms with Gasteiger partial charge >= 0.3 is 5.69 Å². The number of hydrogen-bond acceptors (Lipinski definition) is 4. The van der Waals surface area contributed by atoms with Gasteiger partial charge in [-0.2, -0.15) is 9.65 Å². The zero-order valence-corrected chi connectivity index (χ0v) is 8.37. The van der Waals surface area contributed by atoms with Crippen molar-refractivity contribution in [3.8, 4) is 11.8 Å². The number of nitro groups is 1. The smallest absolute Gasteiger partial charge is 0.285 e. The van der Waals surface area contributed by atoms with E-state index in [4.69, 9.17) is 5.26 Å². The van der Waals surface area contributed by atoms with Crippen LogP contribution in [0.15, 0.2) is 30.6 Å². The molecule has 0 unspecified atom stereocenters. The Morgan fingerprint density at radius 2 is 2.29 bits per heavy atom. The summed E-state index contributed by atoms with van der Waals surface area (Å²) < 4.78 is 14.5. The summed E-state index contributed by atoms with van der Waals surface area (Å²) in [6, 6.07) is 5.44. The first kappa shape index (κ1) is 10.8. The second kappa shape index (κ2) is 4.02. The van der Waals surface area contributed by atoms with Crippen molar-refractivity contribution in [2.45, 2.75) is 0 Å². The van der Waals surface area contributed by atoms with Gasteiger partial charge in [0.05, 0.1) is 4.92 Å². The van der Waals surface area contributed by atoms with E-state index in [0.717, 1.165) is 6.07 Å². The van der Waals surface area contributed by atoms with Gasteiger partial charge in [-0.1, -0.05) is 6.07 Å². The molecule has 6 nitrogen and oxygen atoms in total. The van der Waals surface area contributed by atoms with E-state index in [9.17, 15) is 14.5 Å². The van der Waals surface area contributed by atoms with E-state index in [-0.39, 0.29) is 11.5 Å². The summed E-state index contributed by atoms with van der Waals surface area (Å²) >= 11 is 0. The van der Waals surface area contributed by atoms with Gasteiger partial charge in [-0.25, -0.2) is 4.98 Å². The zero-order valence-electron chi connectivity index (χ0n) is 8.37. The minimum atomic E-state index is -0.954. The van der Waals surface area contributed by atoms with Crippen LogP contribution < -0.4 is 0 Å². The third-order valence-electron chi connectivity index (χ3n) is 2.15. The molecule has 0 bridgehead atoms. The number of halogens is 1. The number of nitro benzene ring substituents is 1. The van der Waals surface area contributed by atoms with Crippen LogP contribution in [0.25, 0.3) is 5.69 Å². The van der Waals surface area contributed by atoms with Crippen LogP contribution in [0, 0.1) is 27.3 Å². The van der Waals surface area contributed by atoms with Gasteiger partial charge in [0.25, 0.3) is 0 Å². The summed E-state index contributed by atoms with van der Waals surface area (Å²) in [5.74, 6) is -0.996. The van der Waals surface area contributed by atoms with Gasteiger partial charge in [0.15, 0.2) is 0 Å². The van der Waals surface area contributed by atoms with Gasteiger partial charge in [-0.05, 0) is 12.1 Å². The first-order chi connectivity index (χ1) is 8.15. The maximum absolute atomic E-state index is 13.4. The first-order valence-corrected chi connectivity index (χ1v) is 4.52. The highest BCUT2D eigenvalue weighted by molar-refractivity contribution is 5.54. The van der Waals surface area contributed by atoms with Crippen LogP contribution >= 0.6 is 0 Å². The zero-order chi connectivity index (χ0) is 12.4. The number of para-hydroxylation sites is 1. The third kappa shape index (κ3) is 1.72. The molecule has 0 aliphatic heterocycles. The molecule has 0 aliphatic rings. The van der Waals surface area contributed by atoms with Crippen molar-refractivity contribution in [2.75, 3.05) is 0 Å². The van der Waals surface area contributed by atoms with Gasteiger partial charge in [0.1, 0.15) is 11.8 Å². The summed E-state index contributed by atoms with van der Waals surface area (Å²) in [5.41, 5.74) is -0.703. The standard InChI is InChI=1S/C10H5FN4O2/c11-7-2-1-3-8(10(7)15(16)17)14-5-4-13-9(14)6-12/h1-5H. The molecule has 0 fully saturated rings. The highest BCUT2D eigenvalue weighted by Crippen LogP contribution is 2.26. The molecule has 84 valence electrons. The van der Waals surface area contributed by atoms with Crippen molar-refractivity contribution in [1.82, 2.24) is 9.55 Å². The molecular weight excluding hydrogens is 227 g/mol. The molecule has 2 aromatic rings. The molecule has 2 rings (SSSR count). The molecule has 1 aromatic heterocycles. The summed E-state index contributed by atoms with van der Waals surface area (Å²) in [7, 11) is 0. The summed E-state index contributed by atoms with van der Waals surface area (Å²) in [5, 5.41) is 19.6. The molecule has 0 radical (unpaired) electrons. The van der Waals surface area contributed by atoms with Crippen LogP contribution in [0.5, 0.6) is 0 Å². The first-order valence-electron chi connectivity index (χ1n) is 4.52. The van der Waals surface area contributed by atoms with Crippen molar-refractivity contribution in [3.05, 3.63) is 52.3 Å². The fourth-order valence-electron chi connectivity index (χ4n) is 1.46. The average molecular weight is 232 g/mol. The maximum atomic E-state index is 13.4. The molecule has 1 aromatic carbocycles. The summed E-state index contributed by atoms with van der Waals surface area (Å²) in [6.45, 7) is 0. The number of rotatable bonds is 2. The second-order valence-electron chi connectivity index (χ2n) is 3.10. The Kier molecular flexibility index (Phi) is 2.54. The van der Waals surface area contributed by atoms with Gasteiger partial charge < -0.3 is 0 Å². The number of nitriles is 1. The van der Waals surface area contributed by atoms with Crippen molar-refractivity contribution in [3.63, 3.8) is 0 Å². The average Bonchev–Trinajstić information content (AvgIpc) is 2.75. The van der Waals surface area contributed by atoms with Crippen molar-refractivity contribution in [1.29, 1.82) is 5.26 Å². The van der Waals surface area contributed by atoms with Gasteiger partial charge in [-0.3, -0.25) is 14.7 Å². The molecule has 0 aliphatic carbocycles. The molecule has 7 heteroatoms. The van der Waals surface area contributed by atoms with Crippen LogP contribution in [-0.4, -0.2) is 14.5 Å². The Bertz CT molecular complexity index is 629. The quantitative estimate of drug-likeness (QED) is 0.583. The van der Waals surface area contributed by atoms with E-state index in [0.29, 0.717) is 0 Å². The minimum absolute atomic E-state index is 0.0240. The maximum Gasteiger partial charge on any atom is 0.328 e. The van der Waals surface area contributed by atoms with Crippen LogP contribution in [-0.2, 0) is 0 Å². The van der Waals surface area contributed by atoms with E-state index < -0.39 is 16.4 Å². The van der Waals surface area contributed by atoms with E-state index in [2.05, 4.69) is 4.98 Å². The number of benzene rings is 1. The summed E-state index contributed by atoms with van der Waals surface area (Å²) in [4.78, 5) is 13.7. The van der Waals surface area contributed by atoms with Crippen LogP contribution in [0.4, 0.5) is 10.1 Å². The number of imidazole rings is 1. The molecule has 0 N–H and O–H groups in total. The fraction of sp³-hybridized carbons (Fsp3) is 0. The Morgan fingerprint density at radius 1 is 1.53 bits per heavy atom. The lowest BCUT2D eigenvalue weighted by Gasteiger charge is -2.04. The lowest BCUT2D eigenvalue weighted by molar-refractivity contribution is -0.387. The van der Waals surface area contributed by atoms with Crippen LogP contribution in [0.1, 0.15) is 5.82 Å². The van der Waals surface area contributed by atoms with E-state index >= 15 is 0 Å². The van der Waals surface area contributed by atoms with E-state index in [1.165, 1.54) is 29.1 Å². The molecular formula is C10H5FN4O2. The van der Waals surface area contributed by atoms with Gasteiger partial charge in [0, 0.05) is 12.4 Å². The number of nitrogens with zero attached hydrogens (tertiary/aromatic N) is 4. The lowest BCUT2D eigenvalue weighted by Crippen LogP contribution is -2.03. The molecule has 0 saturated carbocycles. The number of hydrogen-bond donors (Lipinski definition) is 0. The monoisotopic (exact) mass is 232 g/mol. The Hall–Kier alpha value is -2.75. The number of aromatic nitrogens is 2. The molecule has 0 amide bonds. The molecule has 17 heavy (non-hydrogen) atoms.